The molecule has 0 heterocycles. The largest absolute Gasteiger partial charge is 0.385 e. The molecule has 1 unspecified atom stereocenters. The second kappa shape index (κ2) is 8.93. The Morgan fingerprint density at radius 2 is 1.76 bits per heavy atom. The van der Waals surface area contributed by atoms with Gasteiger partial charge in [-0.1, -0.05) is 0 Å². The van der Waals surface area contributed by atoms with Crippen LogP contribution in [-0.2, 0) is 9.53 Å². The topological polar surface area (TPSA) is 105 Å². The van der Waals surface area contributed by atoms with Gasteiger partial charge in [-0.3, -0.25) is 4.79 Å². The van der Waals surface area contributed by atoms with Crippen LogP contribution >= 0.6 is 0 Å². The molecule has 3 amide bonds. The van der Waals surface area contributed by atoms with Gasteiger partial charge in [0.15, 0.2) is 0 Å². The van der Waals surface area contributed by atoms with Crippen LogP contribution in [0.5, 0.6) is 0 Å². The highest BCUT2D eigenvalue weighted by Crippen LogP contribution is 2.14. The van der Waals surface area contributed by atoms with Gasteiger partial charge in [0.05, 0.1) is 6.04 Å². The van der Waals surface area contributed by atoms with Crippen LogP contribution in [0.1, 0.15) is 12.8 Å². The van der Waals surface area contributed by atoms with E-state index >= 15 is 0 Å². The third-order valence-corrected chi connectivity index (χ3v) is 2.84. The molecule has 0 aliphatic heterocycles. The minimum atomic E-state index is -0.566. The van der Waals surface area contributed by atoms with Crippen LogP contribution in [0.2, 0.25) is 0 Å². The Labute approximate surface area is 124 Å². The quantitative estimate of drug-likeness (QED) is 0.566. The van der Waals surface area contributed by atoms with Crippen molar-refractivity contribution in [1.82, 2.24) is 5.32 Å². The van der Waals surface area contributed by atoms with Gasteiger partial charge < -0.3 is 26.4 Å². The minimum Gasteiger partial charge on any atom is -0.385 e. The van der Waals surface area contributed by atoms with Crippen molar-refractivity contribution >= 4 is 23.3 Å². The van der Waals surface area contributed by atoms with Crippen molar-refractivity contribution in [2.45, 2.75) is 18.9 Å². The van der Waals surface area contributed by atoms with Gasteiger partial charge in [-0.05, 0) is 37.1 Å². The van der Waals surface area contributed by atoms with E-state index in [1.54, 1.807) is 31.4 Å². The lowest BCUT2D eigenvalue weighted by Crippen LogP contribution is -2.35. The van der Waals surface area contributed by atoms with Gasteiger partial charge in [-0.25, -0.2) is 4.79 Å². The van der Waals surface area contributed by atoms with Crippen molar-refractivity contribution in [3.8, 4) is 0 Å². The van der Waals surface area contributed by atoms with Crippen LogP contribution in [0.15, 0.2) is 24.3 Å². The van der Waals surface area contributed by atoms with E-state index in [-0.39, 0.29) is 11.9 Å². The van der Waals surface area contributed by atoms with E-state index in [1.807, 2.05) is 0 Å². The van der Waals surface area contributed by atoms with E-state index < -0.39 is 6.04 Å². The maximum absolute atomic E-state index is 11.9. The third kappa shape index (κ3) is 6.24. The molecular weight excluding hydrogens is 272 g/mol. The van der Waals surface area contributed by atoms with Crippen molar-refractivity contribution in [2.24, 2.45) is 5.73 Å². The molecule has 1 atom stereocenters. The highest BCUT2D eigenvalue weighted by Gasteiger charge is 2.13. The lowest BCUT2D eigenvalue weighted by Gasteiger charge is -2.12. The summed E-state index contributed by atoms with van der Waals surface area (Å²) < 4.78 is 4.92. The van der Waals surface area contributed by atoms with Crippen molar-refractivity contribution in [2.75, 3.05) is 31.4 Å². The molecule has 0 aromatic heterocycles. The zero-order valence-electron chi connectivity index (χ0n) is 12.3. The number of carbonyl (C=O) groups is 2. The smallest absolute Gasteiger partial charge is 0.318 e. The number of hydrogen-bond acceptors (Lipinski definition) is 4. The lowest BCUT2D eigenvalue weighted by molar-refractivity contribution is -0.117. The fraction of sp³-hybridized carbons (Fsp3) is 0.429. The van der Waals surface area contributed by atoms with Crippen LogP contribution in [0.4, 0.5) is 16.2 Å². The molecule has 0 fully saturated rings. The Kier molecular flexibility index (Phi) is 7.20. The predicted molar refractivity (Wildman–Crippen MR) is 82.2 cm³/mol. The molecule has 1 rings (SSSR count). The molecular formula is C14H22N4O3. The summed E-state index contributed by atoms with van der Waals surface area (Å²) in [5.41, 5.74) is 7.05. The summed E-state index contributed by atoms with van der Waals surface area (Å²) in [5, 5.41) is 7.81. The molecule has 1 aromatic carbocycles. The normalized spacial score (nSPS) is 11.6. The van der Waals surface area contributed by atoms with E-state index in [1.165, 1.54) is 7.05 Å². The van der Waals surface area contributed by atoms with Crippen molar-refractivity contribution < 1.29 is 14.3 Å². The Morgan fingerprint density at radius 1 is 1.19 bits per heavy atom. The Morgan fingerprint density at radius 3 is 2.29 bits per heavy atom. The lowest BCUT2D eigenvalue weighted by atomic mass is 10.1. The maximum atomic E-state index is 11.9. The Balaban J connectivity index is 2.47. The van der Waals surface area contributed by atoms with E-state index in [4.69, 9.17) is 10.5 Å². The molecule has 7 heteroatoms. The molecule has 7 nitrogen and oxygen atoms in total. The number of rotatable bonds is 7. The second-order valence-electron chi connectivity index (χ2n) is 4.51. The number of hydrogen-bond donors (Lipinski definition) is 4. The first-order valence-electron chi connectivity index (χ1n) is 6.71. The SMILES string of the molecule is CNC(=O)Nc1ccc(NC(=O)C(N)CCCOC)cc1. The van der Waals surface area contributed by atoms with Gasteiger partial charge in [0.2, 0.25) is 5.91 Å². The van der Waals surface area contributed by atoms with Crippen LogP contribution in [-0.4, -0.2) is 38.7 Å². The monoisotopic (exact) mass is 294 g/mol. The molecule has 0 aliphatic rings. The summed E-state index contributed by atoms with van der Waals surface area (Å²) in [5.74, 6) is -0.238. The summed E-state index contributed by atoms with van der Waals surface area (Å²) >= 11 is 0. The van der Waals surface area contributed by atoms with Gasteiger partial charge in [-0.2, -0.15) is 0 Å². The standard InChI is InChI=1S/C14H22N4O3/c1-16-14(20)18-11-7-5-10(6-8-11)17-13(19)12(15)4-3-9-21-2/h5-8,12H,3-4,9,15H2,1-2H3,(H,17,19)(H2,16,18,20). The van der Waals surface area contributed by atoms with E-state index in [0.717, 1.165) is 6.42 Å². The first kappa shape index (κ1) is 16.9. The number of ether oxygens (including phenoxy) is 1. The van der Waals surface area contributed by atoms with Crippen LogP contribution < -0.4 is 21.7 Å². The Bertz CT molecular complexity index is 462. The summed E-state index contributed by atoms with van der Waals surface area (Å²) in [6.45, 7) is 0.584. The summed E-state index contributed by atoms with van der Waals surface area (Å²) in [6, 6.07) is 5.93. The molecule has 0 aliphatic carbocycles. The van der Waals surface area contributed by atoms with E-state index in [9.17, 15) is 9.59 Å². The first-order valence-corrected chi connectivity index (χ1v) is 6.71. The number of nitrogens with two attached hydrogens (primary N) is 1. The highest BCUT2D eigenvalue weighted by atomic mass is 16.5. The molecule has 0 bridgehead atoms. The van der Waals surface area contributed by atoms with Crippen LogP contribution in [0.25, 0.3) is 0 Å². The number of urea groups is 1. The average Bonchev–Trinajstić information content (AvgIpc) is 2.49. The second-order valence-corrected chi connectivity index (χ2v) is 4.51. The molecule has 0 radical (unpaired) electrons. The molecule has 0 spiro atoms. The van der Waals surface area contributed by atoms with Gasteiger partial charge >= 0.3 is 6.03 Å². The maximum Gasteiger partial charge on any atom is 0.318 e. The highest BCUT2D eigenvalue weighted by molar-refractivity contribution is 5.95. The zero-order valence-corrected chi connectivity index (χ0v) is 12.3. The number of anilines is 2. The minimum absolute atomic E-state index is 0.238. The zero-order chi connectivity index (χ0) is 15.7. The fourth-order valence-electron chi connectivity index (χ4n) is 1.64. The van der Waals surface area contributed by atoms with Gasteiger partial charge in [0.25, 0.3) is 0 Å². The molecule has 0 saturated heterocycles. The van der Waals surface area contributed by atoms with Crippen molar-refractivity contribution in [3.63, 3.8) is 0 Å². The van der Waals surface area contributed by atoms with Crippen LogP contribution in [0.3, 0.4) is 0 Å². The number of carbonyl (C=O) groups excluding carboxylic acids is 2. The van der Waals surface area contributed by atoms with Gasteiger partial charge in [0.1, 0.15) is 0 Å². The van der Waals surface area contributed by atoms with Gasteiger partial charge in [0, 0.05) is 32.1 Å². The molecule has 21 heavy (non-hydrogen) atoms. The summed E-state index contributed by atoms with van der Waals surface area (Å²) in [7, 11) is 3.15. The third-order valence-electron chi connectivity index (χ3n) is 2.84. The van der Waals surface area contributed by atoms with Crippen molar-refractivity contribution in [1.29, 1.82) is 0 Å². The number of methoxy groups -OCH3 is 1. The number of nitrogens with one attached hydrogen (secondary N) is 3. The molecule has 116 valence electrons. The number of benzene rings is 1. The van der Waals surface area contributed by atoms with E-state index in [0.29, 0.717) is 24.4 Å². The van der Waals surface area contributed by atoms with Gasteiger partial charge in [-0.15, -0.1) is 0 Å². The summed E-state index contributed by atoms with van der Waals surface area (Å²) in [6.07, 6.45) is 1.30. The first-order chi connectivity index (χ1) is 10.1. The Hall–Kier alpha value is -2.12. The van der Waals surface area contributed by atoms with Crippen molar-refractivity contribution in [3.05, 3.63) is 24.3 Å². The predicted octanol–water partition coefficient (Wildman–Crippen LogP) is 1.13. The summed E-state index contributed by atoms with van der Waals surface area (Å²) in [4.78, 5) is 23.0. The average molecular weight is 294 g/mol. The molecule has 5 N–H and O–H groups in total. The van der Waals surface area contributed by atoms with E-state index in [2.05, 4.69) is 16.0 Å². The number of amides is 3. The molecule has 1 aromatic rings. The molecule has 0 saturated carbocycles. The fourth-order valence-corrected chi connectivity index (χ4v) is 1.64. The van der Waals surface area contributed by atoms with Crippen LogP contribution in [0, 0.1) is 0 Å².